The highest BCUT2D eigenvalue weighted by molar-refractivity contribution is 5.73. The van der Waals surface area contributed by atoms with Crippen LogP contribution in [-0.4, -0.2) is 33.9 Å². The number of aliphatic hydroxyl groups excluding tert-OH is 2. The molecule has 5 heteroatoms. The van der Waals surface area contributed by atoms with Gasteiger partial charge in [0.25, 0.3) is 0 Å². The van der Waals surface area contributed by atoms with E-state index in [1.54, 1.807) is 24.3 Å². The van der Waals surface area contributed by atoms with Crippen molar-refractivity contribution in [3.05, 3.63) is 35.4 Å². The Hall–Kier alpha value is -1.43. The number of carboxylic acids is 1. The van der Waals surface area contributed by atoms with Gasteiger partial charge < -0.3 is 21.1 Å². The van der Waals surface area contributed by atoms with Crippen LogP contribution < -0.4 is 5.73 Å². The van der Waals surface area contributed by atoms with Crippen LogP contribution in [0.2, 0.25) is 0 Å². The maximum Gasteiger partial charge on any atom is 0.320 e. The summed E-state index contributed by atoms with van der Waals surface area (Å²) in [5, 5.41) is 27.1. The van der Waals surface area contributed by atoms with Crippen molar-refractivity contribution in [2.24, 2.45) is 5.73 Å². The van der Waals surface area contributed by atoms with Gasteiger partial charge in [-0.05, 0) is 17.5 Å². The Bertz CT molecular complexity index is 367. The molecule has 0 saturated carbocycles. The topological polar surface area (TPSA) is 104 Å². The summed E-state index contributed by atoms with van der Waals surface area (Å²) in [6.07, 6.45) is -0.875. The third-order valence-electron chi connectivity index (χ3n) is 2.34. The Morgan fingerprint density at radius 3 is 2.56 bits per heavy atom. The lowest BCUT2D eigenvalue weighted by molar-refractivity contribution is -0.138. The molecule has 0 radical (unpaired) electrons. The molecule has 1 aromatic rings. The minimum absolute atomic E-state index is 0.128. The SMILES string of the molecule is NC(Cc1ccccc1C(O)CO)C(=O)O. The van der Waals surface area contributed by atoms with Gasteiger partial charge in [-0.25, -0.2) is 0 Å². The number of aliphatic carboxylic acids is 1. The van der Waals surface area contributed by atoms with Crippen LogP contribution in [0.5, 0.6) is 0 Å². The van der Waals surface area contributed by atoms with Gasteiger partial charge in [0.15, 0.2) is 0 Å². The van der Waals surface area contributed by atoms with Gasteiger partial charge in [0, 0.05) is 0 Å². The lowest BCUT2D eigenvalue weighted by Crippen LogP contribution is -2.32. The van der Waals surface area contributed by atoms with Crippen molar-refractivity contribution in [2.75, 3.05) is 6.61 Å². The number of rotatable bonds is 5. The van der Waals surface area contributed by atoms with E-state index < -0.39 is 24.7 Å². The first-order valence-corrected chi connectivity index (χ1v) is 4.91. The molecule has 0 aliphatic carbocycles. The van der Waals surface area contributed by atoms with Crippen LogP contribution in [0.1, 0.15) is 17.2 Å². The van der Waals surface area contributed by atoms with E-state index in [0.717, 1.165) is 0 Å². The minimum atomic E-state index is -1.09. The summed E-state index contributed by atoms with van der Waals surface area (Å²) in [6.45, 7) is -0.403. The fourth-order valence-electron chi connectivity index (χ4n) is 1.47. The van der Waals surface area contributed by atoms with Crippen LogP contribution >= 0.6 is 0 Å². The van der Waals surface area contributed by atoms with Crippen molar-refractivity contribution in [1.82, 2.24) is 0 Å². The van der Waals surface area contributed by atoms with E-state index in [1.807, 2.05) is 0 Å². The van der Waals surface area contributed by atoms with Crippen molar-refractivity contribution in [3.8, 4) is 0 Å². The van der Waals surface area contributed by atoms with Crippen molar-refractivity contribution < 1.29 is 20.1 Å². The predicted molar refractivity (Wildman–Crippen MR) is 57.8 cm³/mol. The van der Waals surface area contributed by atoms with Gasteiger partial charge in [-0.2, -0.15) is 0 Å². The van der Waals surface area contributed by atoms with Crippen LogP contribution in [0.3, 0.4) is 0 Å². The third-order valence-corrected chi connectivity index (χ3v) is 2.34. The summed E-state index contributed by atoms with van der Waals surface area (Å²) in [6, 6.07) is 5.77. The first kappa shape index (κ1) is 12.6. The molecule has 5 nitrogen and oxygen atoms in total. The minimum Gasteiger partial charge on any atom is -0.480 e. The number of aliphatic hydroxyl groups is 2. The molecule has 0 amide bonds. The van der Waals surface area contributed by atoms with Crippen LogP contribution in [-0.2, 0) is 11.2 Å². The van der Waals surface area contributed by atoms with Gasteiger partial charge in [-0.15, -0.1) is 0 Å². The number of hydrogen-bond donors (Lipinski definition) is 4. The number of benzene rings is 1. The van der Waals surface area contributed by atoms with E-state index in [4.69, 9.17) is 15.9 Å². The maximum atomic E-state index is 10.6. The van der Waals surface area contributed by atoms with Crippen LogP contribution in [0.25, 0.3) is 0 Å². The molecule has 5 N–H and O–H groups in total. The fraction of sp³-hybridized carbons (Fsp3) is 0.364. The summed E-state index contributed by atoms with van der Waals surface area (Å²) in [5.74, 6) is -1.09. The monoisotopic (exact) mass is 225 g/mol. The van der Waals surface area contributed by atoms with Crippen LogP contribution in [0, 0.1) is 0 Å². The zero-order valence-electron chi connectivity index (χ0n) is 8.71. The average molecular weight is 225 g/mol. The summed E-state index contributed by atoms with van der Waals surface area (Å²) in [4.78, 5) is 10.6. The van der Waals surface area contributed by atoms with Gasteiger partial charge >= 0.3 is 5.97 Å². The van der Waals surface area contributed by atoms with Crippen LogP contribution in [0.15, 0.2) is 24.3 Å². The van der Waals surface area contributed by atoms with E-state index >= 15 is 0 Å². The molecule has 0 spiro atoms. The van der Waals surface area contributed by atoms with E-state index in [-0.39, 0.29) is 6.42 Å². The Morgan fingerprint density at radius 1 is 1.38 bits per heavy atom. The Balaban J connectivity index is 2.90. The fourth-order valence-corrected chi connectivity index (χ4v) is 1.47. The molecule has 0 aromatic heterocycles. The summed E-state index contributed by atoms with van der Waals surface area (Å²) in [5.41, 5.74) is 6.57. The van der Waals surface area contributed by atoms with E-state index in [0.29, 0.717) is 11.1 Å². The molecule has 0 fully saturated rings. The second-order valence-electron chi connectivity index (χ2n) is 3.55. The normalized spacial score (nSPS) is 14.4. The summed E-state index contributed by atoms with van der Waals surface area (Å²) in [7, 11) is 0. The van der Waals surface area contributed by atoms with Crippen molar-refractivity contribution in [2.45, 2.75) is 18.6 Å². The largest absolute Gasteiger partial charge is 0.480 e. The van der Waals surface area contributed by atoms with Crippen molar-refractivity contribution in [1.29, 1.82) is 0 Å². The molecule has 0 saturated heterocycles. The molecule has 2 unspecified atom stereocenters. The Morgan fingerprint density at radius 2 is 2.00 bits per heavy atom. The van der Waals surface area contributed by atoms with Gasteiger partial charge in [-0.3, -0.25) is 4.79 Å². The molecule has 88 valence electrons. The first-order valence-electron chi connectivity index (χ1n) is 4.91. The molecule has 1 rings (SSSR count). The van der Waals surface area contributed by atoms with E-state index in [1.165, 1.54) is 0 Å². The molecule has 2 atom stereocenters. The number of hydrogen-bond acceptors (Lipinski definition) is 4. The second kappa shape index (κ2) is 5.60. The van der Waals surface area contributed by atoms with Crippen LogP contribution in [0.4, 0.5) is 0 Å². The second-order valence-corrected chi connectivity index (χ2v) is 3.55. The highest BCUT2D eigenvalue weighted by atomic mass is 16.4. The van der Waals surface area contributed by atoms with Gasteiger partial charge in [-0.1, -0.05) is 24.3 Å². The molecule has 0 aliphatic rings. The molecule has 1 aromatic carbocycles. The standard InChI is InChI=1S/C11H15NO4/c12-9(11(15)16)5-7-3-1-2-4-8(7)10(14)6-13/h1-4,9-10,13-14H,5-6,12H2,(H,15,16). The predicted octanol–water partition coefficient (Wildman–Crippen LogP) is -0.333. The van der Waals surface area contributed by atoms with E-state index in [2.05, 4.69) is 0 Å². The number of nitrogens with two attached hydrogens (primary N) is 1. The number of carbonyl (C=O) groups is 1. The summed E-state index contributed by atoms with van der Waals surface area (Å²) >= 11 is 0. The molecule has 0 heterocycles. The Kier molecular flexibility index (Phi) is 4.42. The Labute approximate surface area is 93.1 Å². The average Bonchev–Trinajstić information content (AvgIpc) is 2.28. The number of carboxylic acid groups (broad SMARTS) is 1. The molecule has 0 aliphatic heterocycles. The summed E-state index contributed by atoms with van der Waals surface area (Å²) < 4.78 is 0. The molecular weight excluding hydrogens is 210 g/mol. The first-order chi connectivity index (χ1) is 7.56. The molecule has 0 bridgehead atoms. The highest BCUT2D eigenvalue weighted by Gasteiger charge is 2.17. The molecule has 16 heavy (non-hydrogen) atoms. The smallest absolute Gasteiger partial charge is 0.320 e. The van der Waals surface area contributed by atoms with Gasteiger partial charge in [0.05, 0.1) is 6.61 Å². The lowest BCUT2D eigenvalue weighted by atomic mass is 9.97. The third kappa shape index (κ3) is 3.03. The zero-order chi connectivity index (χ0) is 12.1. The van der Waals surface area contributed by atoms with Crippen molar-refractivity contribution >= 4 is 5.97 Å². The molecular formula is C11H15NO4. The zero-order valence-corrected chi connectivity index (χ0v) is 8.71. The quantitative estimate of drug-likeness (QED) is 0.549. The van der Waals surface area contributed by atoms with Gasteiger partial charge in [0.1, 0.15) is 12.1 Å². The maximum absolute atomic E-state index is 10.6. The highest BCUT2D eigenvalue weighted by Crippen LogP contribution is 2.18. The van der Waals surface area contributed by atoms with Crippen molar-refractivity contribution in [3.63, 3.8) is 0 Å². The van der Waals surface area contributed by atoms with Gasteiger partial charge in [0.2, 0.25) is 0 Å². The lowest BCUT2D eigenvalue weighted by Gasteiger charge is -2.14. The van der Waals surface area contributed by atoms with E-state index in [9.17, 15) is 9.90 Å².